The fourth-order valence-electron chi connectivity index (χ4n) is 3.66. The number of halogens is 2. The molecular weight excluding hydrogens is 375 g/mol. The minimum atomic E-state index is -0.351. The molecule has 1 saturated heterocycles. The van der Waals surface area contributed by atoms with E-state index >= 15 is 0 Å². The van der Waals surface area contributed by atoms with Crippen LogP contribution >= 0.6 is 11.6 Å². The van der Waals surface area contributed by atoms with E-state index in [4.69, 9.17) is 16.3 Å². The molecule has 4 heterocycles. The van der Waals surface area contributed by atoms with E-state index in [2.05, 4.69) is 20.3 Å². The van der Waals surface area contributed by atoms with Crippen LogP contribution in [-0.2, 0) is 4.74 Å². The Kier molecular flexibility index (Phi) is 3.80. The average Bonchev–Trinajstić information content (AvgIpc) is 3.22. The highest BCUT2D eigenvalue weighted by molar-refractivity contribution is 6.33. The van der Waals surface area contributed by atoms with E-state index in [-0.39, 0.29) is 22.7 Å². The second kappa shape index (κ2) is 6.21. The smallest absolute Gasteiger partial charge is 0.328 e. The molecule has 0 radical (unpaired) electrons. The number of hydrogen-bond acceptors (Lipinski definition) is 6. The van der Waals surface area contributed by atoms with E-state index < -0.39 is 0 Å². The second-order valence-corrected chi connectivity index (χ2v) is 6.94. The molecule has 2 aromatic heterocycles. The number of imidazole rings is 1. The quantitative estimate of drug-likeness (QED) is 0.654. The van der Waals surface area contributed by atoms with Gasteiger partial charge in [-0.25, -0.2) is 9.18 Å². The maximum absolute atomic E-state index is 13.7. The first-order chi connectivity index (χ1) is 13.1. The number of H-pyrrole nitrogens is 1. The van der Waals surface area contributed by atoms with Crippen LogP contribution in [0.5, 0.6) is 0 Å². The van der Waals surface area contributed by atoms with Gasteiger partial charge in [0.25, 0.3) is 0 Å². The van der Waals surface area contributed by atoms with Crippen LogP contribution < -0.4 is 15.9 Å². The molecule has 27 heavy (non-hydrogen) atoms. The Balaban J connectivity index is 1.65. The lowest BCUT2D eigenvalue weighted by Crippen LogP contribution is -2.28. The number of aromatic nitrogens is 4. The van der Waals surface area contributed by atoms with Crippen LogP contribution in [0.4, 0.5) is 21.7 Å². The van der Waals surface area contributed by atoms with E-state index in [1.54, 1.807) is 15.5 Å². The minimum Gasteiger partial charge on any atom is -0.381 e. The molecule has 1 aromatic carbocycles. The summed E-state index contributed by atoms with van der Waals surface area (Å²) >= 11 is 6.34. The Morgan fingerprint density at radius 2 is 2.07 bits per heavy atom. The van der Waals surface area contributed by atoms with Gasteiger partial charge in [0.1, 0.15) is 11.3 Å². The van der Waals surface area contributed by atoms with Gasteiger partial charge in [0.15, 0.2) is 10.8 Å². The van der Waals surface area contributed by atoms with Gasteiger partial charge in [-0.1, -0.05) is 11.6 Å². The summed E-state index contributed by atoms with van der Waals surface area (Å²) in [7, 11) is 0. The van der Waals surface area contributed by atoms with Crippen molar-refractivity contribution in [1.82, 2.24) is 19.5 Å². The van der Waals surface area contributed by atoms with E-state index in [0.29, 0.717) is 42.7 Å². The van der Waals surface area contributed by atoms with Crippen molar-refractivity contribution in [2.75, 3.05) is 30.1 Å². The van der Waals surface area contributed by atoms with Crippen molar-refractivity contribution < 1.29 is 9.13 Å². The largest absolute Gasteiger partial charge is 0.381 e. The Labute approximate surface area is 157 Å². The van der Waals surface area contributed by atoms with Gasteiger partial charge < -0.3 is 15.0 Å². The zero-order valence-electron chi connectivity index (χ0n) is 14.2. The van der Waals surface area contributed by atoms with Gasteiger partial charge in [-0.15, -0.1) is 0 Å². The summed E-state index contributed by atoms with van der Waals surface area (Å²) in [5.74, 6) is -0.0421. The summed E-state index contributed by atoms with van der Waals surface area (Å²) in [6.07, 6.45) is 1.45. The van der Waals surface area contributed by atoms with E-state index in [9.17, 15) is 9.18 Å². The lowest BCUT2D eigenvalue weighted by atomic mass is 10.1. The van der Waals surface area contributed by atoms with Crippen LogP contribution in [0.2, 0.25) is 5.15 Å². The molecule has 5 rings (SSSR count). The maximum Gasteiger partial charge on any atom is 0.328 e. The summed E-state index contributed by atoms with van der Waals surface area (Å²) in [6, 6.07) is 4.46. The molecule has 2 N–H and O–H groups in total. The molecule has 2 aliphatic rings. The summed E-state index contributed by atoms with van der Waals surface area (Å²) in [5.41, 5.74) is 2.00. The molecule has 0 unspecified atom stereocenters. The van der Waals surface area contributed by atoms with Gasteiger partial charge in [-0.2, -0.15) is 9.97 Å². The maximum atomic E-state index is 13.7. The first-order valence-corrected chi connectivity index (χ1v) is 9.06. The molecule has 0 saturated carbocycles. The second-order valence-electron chi connectivity index (χ2n) is 6.58. The average molecular weight is 391 g/mol. The number of ether oxygens (including phenoxy) is 1. The lowest BCUT2D eigenvalue weighted by molar-refractivity contribution is 0.0697. The van der Waals surface area contributed by atoms with Gasteiger partial charge in [0.05, 0.1) is 18.0 Å². The van der Waals surface area contributed by atoms with Crippen LogP contribution in [0.1, 0.15) is 18.9 Å². The van der Waals surface area contributed by atoms with Gasteiger partial charge in [-0.05, 0) is 31.0 Å². The Hall–Kier alpha value is -2.65. The van der Waals surface area contributed by atoms with Crippen LogP contribution in [0.3, 0.4) is 0 Å². The Bertz CT molecular complexity index is 1090. The molecule has 3 aromatic rings. The van der Waals surface area contributed by atoms with Crippen molar-refractivity contribution in [3.05, 3.63) is 39.7 Å². The van der Waals surface area contributed by atoms with Gasteiger partial charge in [0, 0.05) is 19.3 Å². The number of nitrogens with one attached hydrogen (secondary N) is 2. The number of benzene rings is 1. The zero-order chi connectivity index (χ0) is 18.5. The summed E-state index contributed by atoms with van der Waals surface area (Å²) in [4.78, 5) is 25.9. The van der Waals surface area contributed by atoms with Crippen molar-refractivity contribution in [1.29, 1.82) is 0 Å². The molecule has 10 heteroatoms. The number of nitrogens with zero attached hydrogens (tertiary/aromatic N) is 4. The highest BCUT2D eigenvalue weighted by Crippen LogP contribution is 2.37. The van der Waals surface area contributed by atoms with E-state index in [0.717, 1.165) is 18.5 Å². The molecule has 2 aliphatic heterocycles. The SMILES string of the molecule is O=c1[nH]c2c(Cl)nc(N3CNc4ccc(F)cc43)nc2n1C1CCOCC1. The predicted octanol–water partition coefficient (Wildman–Crippen LogP) is 2.78. The van der Waals surface area contributed by atoms with Crippen LogP contribution in [0.15, 0.2) is 23.0 Å². The molecule has 0 aliphatic carbocycles. The fourth-order valence-corrected chi connectivity index (χ4v) is 3.87. The Morgan fingerprint density at radius 3 is 2.89 bits per heavy atom. The normalized spacial score (nSPS) is 17.3. The topological polar surface area (TPSA) is 88.1 Å². The van der Waals surface area contributed by atoms with E-state index in [1.165, 1.54) is 12.1 Å². The van der Waals surface area contributed by atoms with Crippen molar-refractivity contribution in [3.63, 3.8) is 0 Å². The van der Waals surface area contributed by atoms with Gasteiger partial charge in [0.2, 0.25) is 5.95 Å². The molecular formula is C17H16ClFN6O2. The van der Waals surface area contributed by atoms with Crippen molar-refractivity contribution >= 4 is 40.1 Å². The highest BCUT2D eigenvalue weighted by atomic mass is 35.5. The summed E-state index contributed by atoms with van der Waals surface area (Å²) in [6.45, 7) is 1.57. The van der Waals surface area contributed by atoms with Crippen molar-refractivity contribution in [3.8, 4) is 0 Å². The number of aromatic amines is 1. The molecule has 140 valence electrons. The third-order valence-corrected chi connectivity index (χ3v) is 5.26. The highest BCUT2D eigenvalue weighted by Gasteiger charge is 2.27. The monoisotopic (exact) mass is 390 g/mol. The predicted molar refractivity (Wildman–Crippen MR) is 99.3 cm³/mol. The standard InChI is InChI=1S/C17H16ClFN6O2/c18-14-13-15(25(17(26)21-13)10-3-5-27-6-4-10)23-16(22-14)24-8-20-11-2-1-9(19)7-12(11)24/h1-2,7,10,20H,3-6,8H2,(H,21,26). The van der Waals surface area contributed by atoms with Crippen molar-refractivity contribution in [2.45, 2.75) is 18.9 Å². The lowest BCUT2D eigenvalue weighted by Gasteiger charge is -2.23. The van der Waals surface area contributed by atoms with Crippen LogP contribution in [-0.4, -0.2) is 39.4 Å². The Morgan fingerprint density at radius 1 is 1.26 bits per heavy atom. The zero-order valence-corrected chi connectivity index (χ0v) is 15.0. The van der Waals surface area contributed by atoms with Crippen molar-refractivity contribution in [2.24, 2.45) is 0 Å². The molecule has 0 bridgehead atoms. The first-order valence-electron chi connectivity index (χ1n) is 8.68. The summed E-state index contributed by atoms with van der Waals surface area (Å²) < 4.78 is 20.7. The molecule has 0 atom stereocenters. The minimum absolute atomic E-state index is 0.0137. The third-order valence-electron chi connectivity index (χ3n) is 4.99. The number of hydrogen-bond donors (Lipinski definition) is 2. The van der Waals surface area contributed by atoms with Gasteiger partial charge >= 0.3 is 5.69 Å². The fraction of sp³-hybridized carbons (Fsp3) is 0.353. The molecule has 0 spiro atoms. The van der Waals surface area contributed by atoms with Crippen LogP contribution in [0, 0.1) is 5.82 Å². The number of anilines is 3. The number of rotatable bonds is 2. The molecule has 1 fully saturated rings. The summed E-state index contributed by atoms with van der Waals surface area (Å²) in [5, 5.41) is 3.33. The first kappa shape index (κ1) is 16.5. The van der Waals surface area contributed by atoms with E-state index in [1.807, 2.05) is 0 Å². The molecule has 8 nitrogen and oxygen atoms in total. The third kappa shape index (κ3) is 2.65. The van der Waals surface area contributed by atoms with Crippen LogP contribution in [0.25, 0.3) is 11.2 Å². The molecule has 0 amide bonds. The van der Waals surface area contributed by atoms with Gasteiger partial charge in [-0.3, -0.25) is 9.47 Å². The number of fused-ring (bicyclic) bond motifs is 2.